The van der Waals surface area contributed by atoms with E-state index in [4.69, 9.17) is 0 Å². The summed E-state index contributed by atoms with van der Waals surface area (Å²) in [5, 5.41) is 0. The number of aliphatic imine (C=N–C) groups is 1. The average molecular weight is 138 g/mol. The predicted molar refractivity (Wildman–Crippen MR) is 45.9 cm³/mol. The molecule has 0 rings (SSSR count). The highest BCUT2D eigenvalue weighted by molar-refractivity contribution is 5.80. The van der Waals surface area contributed by atoms with E-state index in [0.29, 0.717) is 0 Å². The molecule has 0 bridgehead atoms. The Morgan fingerprint density at radius 1 is 1.60 bits per heavy atom. The Labute approximate surface area is 62.6 Å². The number of amidine groups is 1. The van der Waals surface area contributed by atoms with Gasteiger partial charge >= 0.3 is 0 Å². The van der Waals surface area contributed by atoms with Crippen LogP contribution in [-0.4, -0.2) is 17.8 Å². The van der Waals surface area contributed by atoms with Gasteiger partial charge in [0, 0.05) is 13.2 Å². The van der Waals surface area contributed by atoms with E-state index in [0.717, 1.165) is 5.84 Å². The first-order valence-corrected chi connectivity index (χ1v) is 3.23. The quantitative estimate of drug-likeness (QED) is 0.421. The van der Waals surface area contributed by atoms with Crippen molar-refractivity contribution >= 4 is 5.84 Å². The molecule has 10 heavy (non-hydrogen) atoms. The van der Waals surface area contributed by atoms with Crippen LogP contribution in [-0.2, 0) is 0 Å². The van der Waals surface area contributed by atoms with Gasteiger partial charge in [0.05, 0.1) is 0 Å². The summed E-state index contributed by atoms with van der Waals surface area (Å²) < 4.78 is 0. The Balaban J connectivity index is 4.03. The lowest BCUT2D eigenvalue weighted by Crippen LogP contribution is -2.16. The normalized spacial score (nSPS) is 12.1. The number of hydrogen-bond acceptors (Lipinski definition) is 1. The summed E-state index contributed by atoms with van der Waals surface area (Å²) in [5.41, 5.74) is 0. The Morgan fingerprint density at radius 2 is 2.20 bits per heavy atom. The van der Waals surface area contributed by atoms with Crippen molar-refractivity contribution in [3.63, 3.8) is 0 Å². The summed E-state index contributed by atoms with van der Waals surface area (Å²) in [6, 6.07) is 0. The van der Waals surface area contributed by atoms with Crippen molar-refractivity contribution in [2.45, 2.75) is 13.8 Å². The molecule has 0 aromatic rings. The molecular formula is C8H14N2. The highest BCUT2D eigenvalue weighted by Crippen LogP contribution is 1.87. The molecule has 0 aliphatic carbocycles. The van der Waals surface area contributed by atoms with Gasteiger partial charge in [0.25, 0.3) is 0 Å². The zero-order valence-corrected chi connectivity index (χ0v) is 6.83. The minimum absolute atomic E-state index is 0.938. The maximum atomic E-state index is 4.10. The molecule has 0 aromatic carbocycles. The zero-order valence-electron chi connectivity index (χ0n) is 6.83. The second-order valence-electron chi connectivity index (χ2n) is 1.95. The largest absolute Gasteiger partial charge is 0.340 e. The summed E-state index contributed by atoms with van der Waals surface area (Å²) in [4.78, 5) is 5.97. The molecule has 0 aromatic heterocycles. The summed E-state index contributed by atoms with van der Waals surface area (Å²) >= 11 is 0. The fourth-order valence-electron chi connectivity index (χ4n) is 0.406. The molecule has 0 aliphatic heterocycles. The molecule has 0 spiro atoms. The van der Waals surface area contributed by atoms with Crippen LogP contribution in [0.15, 0.2) is 30.0 Å². The van der Waals surface area contributed by atoms with Crippen LogP contribution in [0.2, 0.25) is 0 Å². The minimum Gasteiger partial charge on any atom is -0.340 e. The van der Waals surface area contributed by atoms with Gasteiger partial charge in [-0.2, -0.15) is 0 Å². The summed E-state index contributed by atoms with van der Waals surface area (Å²) in [7, 11) is 1.91. The predicted octanol–water partition coefficient (Wildman–Crippen LogP) is 2.01. The molecule has 0 heterocycles. The highest BCUT2D eigenvalue weighted by atomic mass is 15.1. The highest BCUT2D eigenvalue weighted by Gasteiger charge is 1.89. The number of hydrogen-bond donors (Lipinski definition) is 0. The van der Waals surface area contributed by atoms with E-state index in [2.05, 4.69) is 11.6 Å². The van der Waals surface area contributed by atoms with E-state index >= 15 is 0 Å². The molecule has 0 fully saturated rings. The molecule has 0 saturated heterocycles. The monoisotopic (exact) mass is 138 g/mol. The van der Waals surface area contributed by atoms with Crippen LogP contribution < -0.4 is 0 Å². The van der Waals surface area contributed by atoms with Crippen LogP contribution in [0.4, 0.5) is 0 Å². The van der Waals surface area contributed by atoms with Crippen LogP contribution in [0.3, 0.4) is 0 Å². The van der Waals surface area contributed by atoms with Crippen molar-refractivity contribution in [3.05, 3.63) is 25.1 Å². The topological polar surface area (TPSA) is 15.6 Å². The molecule has 0 N–H and O–H groups in total. The zero-order chi connectivity index (χ0) is 7.98. The van der Waals surface area contributed by atoms with Gasteiger partial charge in [-0.05, 0) is 20.0 Å². The van der Waals surface area contributed by atoms with Crippen molar-refractivity contribution in [2.24, 2.45) is 4.99 Å². The smallest absolute Gasteiger partial charge is 0.105 e. The van der Waals surface area contributed by atoms with Crippen molar-refractivity contribution < 1.29 is 0 Å². The van der Waals surface area contributed by atoms with E-state index in [9.17, 15) is 0 Å². The van der Waals surface area contributed by atoms with Crippen LogP contribution in [0.25, 0.3) is 0 Å². The van der Waals surface area contributed by atoms with E-state index in [-0.39, 0.29) is 0 Å². The lowest BCUT2D eigenvalue weighted by molar-refractivity contribution is 0.685. The summed E-state index contributed by atoms with van der Waals surface area (Å²) in [6.07, 6.45) is 5.37. The number of allylic oxidation sites excluding steroid dienone is 1. The standard InChI is InChI=1S/C8H14N2/c1-5-7-9-8(3)10(4)6-2/h5-7H,2H2,1,3-4H3/b7-5-,9-8?. The van der Waals surface area contributed by atoms with Crippen molar-refractivity contribution in [3.8, 4) is 0 Å². The lowest BCUT2D eigenvalue weighted by atomic mass is 10.6. The third-order valence-electron chi connectivity index (χ3n) is 1.19. The number of nitrogens with zero attached hydrogens (tertiary/aromatic N) is 2. The molecule has 0 saturated carbocycles. The lowest BCUT2D eigenvalue weighted by Gasteiger charge is -2.10. The van der Waals surface area contributed by atoms with Gasteiger partial charge in [-0.1, -0.05) is 12.7 Å². The molecular weight excluding hydrogens is 124 g/mol. The van der Waals surface area contributed by atoms with Gasteiger partial charge in [-0.3, -0.25) is 0 Å². The molecule has 0 amide bonds. The van der Waals surface area contributed by atoms with E-state index in [1.807, 2.05) is 31.9 Å². The fraction of sp³-hybridized carbons (Fsp3) is 0.375. The second-order valence-corrected chi connectivity index (χ2v) is 1.95. The minimum atomic E-state index is 0.938. The van der Waals surface area contributed by atoms with Crippen LogP contribution in [0.1, 0.15) is 13.8 Å². The van der Waals surface area contributed by atoms with Gasteiger partial charge in [-0.25, -0.2) is 4.99 Å². The summed E-state index contributed by atoms with van der Waals surface area (Å²) in [5.74, 6) is 0.938. The first kappa shape index (κ1) is 8.95. The van der Waals surface area contributed by atoms with Gasteiger partial charge in [0.1, 0.15) is 5.84 Å². The molecule has 56 valence electrons. The van der Waals surface area contributed by atoms with Gasteiger partial charge in [0.15, 0.2) is 0 Å². The summed E-state index contributed by atoms with van der Waals surface area (Å²) in [6.45, 7) is 7.48. The van der Waals surface area contributed by atoms with E-state index in [1.54, 1.807) is 12.4 Å². The molecule has 2 heteroatoms. The molecule has 0 radical (unpaired) electrons. The van der Waals surface area contributed by atoms with Gasteiger partial charge in [0.2, 0.25) is 0 Å². The number of rotatable bonds is 2. The van der Waals surface area contributed by atoms with Crippen LogP contribution in [0.5, 0.6) is 0 Å². The molecule has 0 unspecified atom stereocenters. The Kier molecular flexibility index (Phi) is 4.29. The van der Waals surface area contributed by atoms with Crippen LogP contribution in [0, 0.1) is 0 Å². The molecule has 2 nitrogen and oxygen atoms in total. The Hall–Kier alpha value is -1.05. The van der Waals surface area contributed by atoms with Crippen molar-refractivity contribution in [1.82, 2.24) is 4.90 Å². The van der Waals surface area contributed by atoms with Gasteiger partial charge in [-0.15, -0.1) is 0 Å². The fourth-order valence-corrected chi connectivity index (χ4v) is 0.406. The van der Waals surface area contributed by atoms with E-state index < -0.39 is 0 Å². The SMILES string of the molecule is C=CN(C)C(C)=N/C=C\C. The van der Waals surface area contributed by atoms with Crippen molar-refractivity contribution in [1.29, 1.82) is 0 Å². The van der Waals surface area contributed by atoms with E-state index in [1.165, 1.54) is 0 Å². The maximum Gasteiger partial charge on any atom is 0.105 e. The average Bonchev–Trinajstić information content (AvgIpc) is 1.98. The third kappa shape index (κ3) is 3.07. The van der Waals surface area contributed by atoms with Crippen molar-refractivity contribution in [2.75, 3.05) is 7.05 Å². The van der Waals surface area contributed by atoms with Gasteiger partial charge < -0.3 is 4.90 Å². The second kappa shape index (κ2) is 4.79. The Morgan fingerprint density at radius 3 is 2.60 bits per heavy atom. The first-order valence-electron chi connectivity index (χ1n) is 3.23. The third-order valence-corrected chi connectivity index (χ3v) is 1.19. The Bertz CT molecular complexity index is 157. The molecule has 0 atom stereocenters. The maximum absolute atomic E-state index is 4.10. The van der Waals surface area contributed by atoms with Crippen LogP contribution >= 0.6 is 0 Å². The molecule has 0 aliphatic rings. The first-order chi connectivity index (χ1) is 4.72.